The van der Waals surface area contributed by atoms with Gasteiger partial charge >= 0.3 is 0 Å². The average Bonchev–Trinajstić information content (AvgIpc) is 2.52. The van der Waals surface area contributed by atoms with Crippen molar-refractivity contribution in [3.63, 3.8) is 0 Å². The van der Waals surface area contributed by atoms with Gasteiger partial charge in [0, 0.05) is 24.2 Å². The zero-order valence-corrected chi connectivity index (χ0v) is 11.5. The molecule has 5 rings (SSSR count). The van der Waals surface area contributed by atoms with Gasteiger partial charge in [-0.1, -0.05) is 0 Å². The first-order valence-corrected chi connectivity index (χ1v) is 7.43. The molecule has 3 N–H and O–H groups in total. The Labute approximate surface area is 119 Å². The highest BCUT2D eigenvalue weighted by Gasteiger charge is 2.34. The summed E-state index contributed by atoms with van der Waals surface area (Å²) in [7, 11) is 0. The molecule has 2 aromatic rings. The minimum atomic E-state index is 0.536. The molecule has 1 aromatic carbocycles. The molecule has 3 aliphatic heterocycles. The SMILES string of the molecule is Nc1c(NC2CN3CCC2CC3)ccc2ncccc12. The first-order chi connectivity index (χ1) is 9.81. The minimum Gasteiger partial charge on any atom is -0.397 e. The number of rotatable bonds is 2. The van der Waals surface area contributed by atoms with Crippen molar-refractivity contribution in [2.75, 3.05) is 30.7 Å². The Kier molecular flexibility index (Phi) is 2.77. The summed E-state index contributed by atoms with van der Waals surface area (Å²) >= 11 is 0. The van der Waals surface area contributed by atoms with E-state index in [1.807, 2.05) is 18.3 Å². The number of nitrogens with zero attached hydrogens (tertiary/aromatic N) is 2. The highest BCUT2D eigenvalue weighted by molar-refractivity contribution is 5.96. The smallest absolute Gasteiger partial charge is 0.0724 e. The van der Waals surface area contributed by atoms with Crippen LogP contribution >= 0.6 is 0 Å². The van der Waals surface area contributed by atoms with Crippen LogP contribution in [-0.4, -0.2) is 35.6 Å². The second-order valence-corrected chi connectivity index (χ2v) is 5.99. The number of piperidine rings is 3. The Balaban J connectivity index is 1.64. The molecule has 104 valence electrons. The molecule has 1 aromatic heterocycles. The molecule has 0 aliphatic carbocycles. The van der Waals surface area contributed by atoms with Gasteiger partial charge in [0.2, 0.25) is 0 Å². The van der Waals surface area contributed by atoms with Crippen molar-refractivity contribution < 1.29 is 0 Å². The van der Waals surface area contributed by atoms with Crippen molar-refractivity contribution in [2.45, 2.75) is 18.9 Å². The maximum absolute atomic E-state index is 6.32. The number of hydrogen-bond donors (Lipinski definition) is 2. The number of fused-ring (bicyclic) bond motifs is 4. The Hall–Kier alpha value is -1.81. The number of anilines is 2. The van der Waals surface area contributed by atoms with Gasteiger partial charge in [0.1, 0.15) is 0 Å². The van der Waals surface area contributed by atoms with Gasteiger partial charge in [-0.2, -0.15) is 0 Å². The van der Waals surface area contributed by atoms with Gasteiger partial charge in [-0.05, 0) is 56.1 Å². The third-order valence-electron chi connectivity index (χ3n) is 4.82. The van der Waals surface area contributed by atoms with Crippen molar-refractivity contribution in [2.24, 2.45) is 5.92 Å². The van der Waals surface area contributed by atoms with E-state index in [1.54, 1.807) is 0 Å². The number of nitrogen functional groups attached to an aromatic ring is 1. The molecule has 0 radical (unpaired) electrons. The number of nitrogens with one attached hydrogen (secondary N) is 1. The van der Waals surface area contributed by atoms with E-state index < -0.39 is 0 Å². The summed E-state index contributed by atoms with van der Waals surface area (Å²) in [5.74, 6) is 0.795. The van der Waals surface area contributed by atoms with E-state index in [9.17, 15) is 0 Å². The van der Waals surface area contributed by atoms with E-state index in [2.05, 4.69) is 27.3 Å². The van der Waals surface area contributed by atoms with Crippen LogP contribution in [0.1, 0.15) is 12.8 Å². The molecule has 20 heavy (non-hydrogen) atoms. The predicted molar refractivity (Wildman–Crippen MR) is 82.7 cm³/mol. The molecule has 2 bridgehead atoms. The van der Waals surface area contributed by atoms with Crippen molar-refractivity contribution >= 4 is 22.3 Å². The summed E-state index contributed by atoms with van der Waals surface area (Å²) in [6, 6.07) is 8.64. The lowest BCUT2D eigenvalue weighted by atomic mass is 9.84. The Morgan fingerprint density at radius 1 is 1.20 bits per heavy atom. The molecule has 3 saturated heterocycles. The van der Waals surface area contributed by atoms with E-state index >= 15 is 0 Å². The first kappa shape index (κ1) is 12.0. The van der Waals surface area contributed by atoms with Gasteiger partial charge in [-0.25, -0.2) is 0 Å². The maximum atomic E-state index is 6.32. The van der Waals surface area contributed by atoms with Gasteiger partial charge in [0.05, 0.1) is 16.9 Å². The number of aromatic nitrogens is 1. The normalized spacial score (nSPS) is 28.7. The number of benzene rings is 1. The molecule has 1 unspecified atom stereocenters. The minimum absolute atomic E-state index is 0.536. The predicted octanol–water partition coefficient (Wildman–Crippen LogP) is 2.32. The fourth-order valence-corrected chi connectivity index (χ4v) is 3.63. The van der Waals surface area contributed by atoms with Gasteiger partial charge in [-0.3, -0.25) is 4.98 Å². The molecule has 0 spiro atoms. The zero-order chi connectivity index (χ0) is 13.5. The van der Waals surface area contributed by atoms with Crippen LogP contribution in [0, 0.1) is 5.92 Å². The highest BCUT2D eigenvalue weighted by Crippen LogP contribution is 2.33. The number of hydrogen-bond acceptors (Lipinski definition) is 4. The summed E-state index contributed by atoms with van der Waals surface area (Å²) in [6.07, 6.45) is 4.43. The molecule has 3 aliphatic rings. The van der Waals surface area contributed by atoms with Crippen LogP contribution < -0.4 is 11.1 Å². The standard InChI is InChI=1S/C16H20N4/c17-16-12-2-1-7-18-13(12)3-4-14(16)19-15-10-20-8-5-11(15)6-9-20/h1-4,7,11,15,19H,5-6,8-10,17H2. The fraction of sp³-hybridized carbons (Fsp3) is 0.438. The van der Waals surface area contributed by atoms with E-state index in [-0.39, 0.29) is 0 Å². The van der Waals surface area contributed by atoms with Crippen LogP contribution in [-0.2, 0) is 0 Å². The van der Waals surface area contributed by atoms with Crippen molar-refractivity contribution in [1.82, 2.24) is 9.88 Å². The third-order valence-corrected chi connectivity index (χ3v) is 4.82. The fourth-order valence-electron chi connectivity index (χ4n) is 3.63. The lowest BCUT2D eigenvalue weighted by Gasteiger charge is -2.45. The van der Waals surface area contributed by atoms with Crippen LogP contribution in [0.3, 0.4) is 0 Å². The molecular weight excluding hydrogens is 248 g/mol. The average molecular weight is 268 g/mol. The summed E-state index contributed by atoms with van der Waals surface area (Å²) in [6.45, 7) is 3.68. The molecular formula is C16H20N4. The Bertz CT molecular complexity index is 631. The van der Waals surface area contributed by atoms with Crippen LogP contribution in [0.5, 0.6) is 0 Å². The van der Waals surface area contributed by atoms with Gasteiger partial charge in [0.25, 0.3) is 0 Å². The van der Waals surface area contributed by atoms with Crippen LogP contribution in [0.2, 0.25) is 0 Å². The van der Waals surface area contributed by atoms with E-state index in [0.717, 1.165) is 34.7 Å². The summed E-state index contributed by atoms with van der Waals surface area (Å²) in [5, 5.41) is 4.72. The number of nitrogens with two attached hydrogens (primary N) is 1. The monoisotopic (exact) mass is 268 g/mol. The first-order valence-electron chi connectivity index (χ1n) is 7.43. The zero-order valence-electron chi connectivity index (χ0n) is 11.5. The van der Waals surface area contributed by atoms with Crippen molar-refractivity contribution in [3.05, 3.63) is 30.5 Å². The highest BCUT2D eigenvalue weighted by atomic mass is 15.2. The maximum Gasteiger partial charge on any atom is 0.0724 e. The van der Waals surface area contributed by atoms with E-state index in [0.29, 0.717) is 6.04 Å². The van der Waals surface area contributed by atoms with Crippen molar-refractivity contribution in [3.8, 4) is 0 Å². The van der Waals surface area contributed by atoms with Gasteiger partial charge < -0.3 is 16.0 Å². The second kappa shape index (κ2) is 4.63. The topological polar surface area (TPSA) is 54.2 Å². The van der Waals surface area contributed by atoms with Crippen molar-refractivity contribution in [1.29, 1.82) is 0 Å². The Morgan fingerprint density at radius 3 is 2.80 bits per heavy atom. The molecule has 3 fully saturated rings. The third kappa shape index (κ3) is 1.91. The Morgan fingerprint density at radius 2 is 2.05 bits per heavy atom. The lowest BCUT2D eigenvalue weighted by Crippen LogP contribution is -2.53. The second-order valence-electron chi connectivity index (χ2n) is 5.99. The lowest BCUT2D eigenvalue weighted by molar-refractivity contribution is 0.0975. The van der Waals surface area contributed by atoms with Crippen LogP contribution in [0.15, 0.2) is 30.5 Å². The number of pyridine rings is 1. The van der Waals surface area contributed by atoms with Gasteiger partial charge in [-0.15, -0.1) is 0 Å². The summed E-state index contributed by atoms with van der Waals surface area (Å²) in [5.41, 5.74) is 9.17. The molecule has 4 heterocycles. The molecule has 4 nitrogen and oxygen atoms in total. The molecule has 1 atom stereocenters. The summed E-state index contributed by atoms with van der Waals surface area (Å²) < 4.78 is 0. The van der Waals surface area contributed by atoms with Gasteiger partial charge in [0.15, 0.2) is 0 Å². The van der Waals surface area contributed by atoms with E-state index in [4.69, 9.17) is 5.73 Å². The molecule has 4 heteroatoms. The molecule has 0 amide bonds. The van der Waals surface area contributed by atoms with Crippen LogP contribution in [0.25, 0.3) is 10.9 Å². The molecule has 0 saturated carbocycles. The quantitative estimate of drug-likeness (QED) is 0.821. The van der Waals surface area contributed by atoms with Crippen LogP contribution in [0.4, 0.5) is 11.4 Å². The largest absolute Gasteiger partial charge is 0.397 e. The van der Waals surface area contributed by atoms with E-state index in [1.165, 1.54) is 25.9 Å². The summed E-state index contributed by atoms with van der Waals surface area (Å²) in [4.78, 5) is 6.90.